The number of hydrogen-bond acceptors (Lipinski definition) is 8. The van der Waals surface area contributed by atoms with Crippen molar-refractivity contribution in [3.8, 4) is 0 Å². The lowest BCUT2D eigenvalue weighted by Crippen LogP contribution is -2.34. The highest BCUT2D eigenvalue weighted by Crippen LogP contribution is 2.55. The van der Waals surface area contributed by atoms with Crippen molar-refractivity contribution in [2.45, 2.75) is 37.5 Å². The fourth-order valence-corrected chi connectivity index (χ4v) is 7.29. The lowest BCUT2D eigenvalue weighted by Gasteiger charge is -2.28. The van der Waals surface area contributed by atoms with E-state index in [4.69, 9.17) is 30.6 Å². The second kappa shape index (κ2) is 11.5. The number of aliphatic hydroxyl groups is 1. The van der Waals surface area contributed by atoms with Gasteiger partial charge in [-0.1, -0.05) is 41.9 Å². The van der Waals surface area contributed by atoms with Gasteiger partial charge in [-0.25, -0.2) is 9.50 Å². The van der Waals surface area contributed by atoms with Crippen LogP contribution in [0.25, 0.3) is 5.52 Å². The van der Waals surface area contributed by atoms with Crippen molar-refractivity contribution in [3.63, 3.8) is 0 Å². The molecule has 3 heterocycles. The molecule has 4 rings (SSSR count). The smallest absolute Gasteiger partial charge is 0.340 e. The molecule has 0 radical (unpaired) electrons. The van der Waals surface area contributed by atoms with Crippen LogP contribution in [0, 0.1) is 0 Å². The summed E-state index contributed by atoms with van der Waals surface area (Å²) in [4.78, 5) is 34.3. The van der Waals surface area contributed by atoms with Gasteiger partial charge in [0.05, 0.1) is 30.6 Å². The number of halogens is 1. The van der Waals surface area contributed by atoms with Crippen molar-refractivity contribution in [2.24, 2.45) is 0 Å². The summed E-state index contributed by atoms with van der Waals surface area (Å²) in [6.07, 6.45) is 1.28. The fraction of sp³-hybridized carbons (Fsp3) is 0.455. The van der Waals surface area contributed by atoms with Crippen LogP contribution in [-0.2, 0) is 24.8 Å². The molecule has 0 amide bonds. The number of nitrogens with zero attached hydrogens (tertiary/aromatic N) is 4. The van der Waals surface area contributed by atoms with Crippen LogP contribution in [0.3, 0.4) is 0 Å². The zero-order valence-electron chi connectivity index (χ0n) is 20.0. The molecule has 37 heavy (non-hydrogen) atoms. The van der Waals surface area contributed by atoms with Gasteiger partial charge in [-0.2, -0.15) is 5.10 Å². The summed E-state index contributed by atoms with van der Waals surface area (Å²) < 4.78 is 34.6. The highest BCUT2D eigenvalue weighted by atomic mass is 35.5. The van der Waals surface area contributed by atoms with Crippen LogP contribution >= 0.6 is 26.8 Å². The molecule has 1 aromatic carbocycles. The van der Waals surface area contributed by atoms with Crippen LogP contribution in [0.1, 0.15) is 30.3 Å². The SMILES string of the molecule is CO[C@H](COP(=O)(O)CP(=O)(O)O)[C@@H](O)Cc1ncc2c(N3CCC[C@H]3c3ccccc3)cc(Cl)nn12. The molecule has 2 aromatic heterocycles. The molecule has 1 unspecified atom stereocenters. The molecule has 15 heteroatoms. The summed E-state index contributed by atoms with van der Waals surface area (Å²) in [7, 11) is -8.10. The van der Waals surface area contributed by atoms with E-state index in [2.05, 4.69) is 27.1 Å². The molecule has 12 nitrogen and oxygen atoms in total. The van der Waals surface area contributed by atoms with E-state index >= 15 is 0 Å². The van der Waals surface area contributed by atoms with E-state index in [9.17, 15) is 19.1 Å². The van der Waals surface area contributed by atoms with Gasteiger partial charge in [0.15, 0.2) is 11.1 Å². The van der Waals surface area contributed by atoms with Gasteiger partial charge < -0.3 is 33.9 Å². The van der Waals surface area contributed by atoms with Crippen LogP contribution in [0.5, 0.6) is 0 Å². The highest BCUT2D eigenvalue weighted by Gasteiger charge is 2.33. The number of ether oxygens (including phenoxy) is 1. The topological polar surface area (TPSA) is 167 Å². The summed E-state index contributed by atoms with van der Waals surface area (Å²) in [5.74, 6) is -0.950. The van der Waals surface area contributed by atoms with Gasteiger partial charge in [-0.3, -0.25) is 9.13 Å². The molecule has 4 N–H and O–H groups in total. The Morgan fingerprint density at radius 1 is 1.22 bits per heavy atom. The normalized spacial score (nSPS) is 19.7. The number of hydrogen-bond donors (Lipinski definition) is 4. The summed E-state index contributed by atoms with van der Waals surface area (Å²) in [6, 6.07) is 12.2. The number of aliphatic hydroxyl groups excluding tert-OH is 1. The van der Waals surface area contributed by atoms with Gasteiger partial charge in [0, 0.05) is 26.1 Å². The monoisotopic (exact) mass is 574 g/mol. The van der Waals surface area contributed by atoms with Gasteiger partial charge in [-0.05, 0) is 18.4 Å². The Morgan fingerprint density at radius 2 is 1.95 bits per heavy atom. The maximum absolute atomic E-state index is 12.0. The van der Waals surface area contributed by atoms with E-state index < -0.39 is 39.9 Å². The van der Waals surface area contributed by atoms with Crippen molar-refractivity contribution in [1.29, 1.82) is 0 Å². The van der Waals surface area contributed by atoms with E-state index in [0.29, 0.717) is 11.3 Å². The summed E-state index contributed by atoms with van der Waals surface area (Å²) in [5.41, 5.74) is 2.77. The number of anilines is 1. The van der Waals surface area contributed by atoms with Gasteiger partial charge in [-0.15, -0.1) is 0 Å². The molecule has 0 saturated carbocycles. The molecule has 1 aliphatic rings. The van der Waals surface area contributed by atoms with E-state index in [1.165, 1.54) is 12.7 Å². The quantitative estimate of drug-likeness (QED) is 0.249. The average Bonchev–Trinajstić information content (AvgIpc) is 3.46. The van der Waals surface area contributed by atoms with Gasteiger partial charge in [0.25, 0.3) is 0 Å². The predicted molar refractivity (Wildman–Crippen MR) is 137 cm³/mol. The van der Waals surface area contributed by atoms with Crippen LogP contribution in [-0.4, -0.2) is 72.8 Å². The Hall–Kier alpha value is -1.85. The molecule has 0 bridgehead atoms. The number of rotatable bonds is 11. The highest BCUT2D eigenvalue weighted by molar-refractivity contribution is 7.70. The lowest BCUT2D eigenvalue weighted by molar-refractivity contribution is -0.0370. The first kappa shape index (κ1) is 28.2. The Morgan fingerprint density at radius 3 is 2.62 bits per heavy atom. The van der Waals surface area contributed by atoms with Crippen molar-refractivity contribution >= 4 is 38.0 Å². The van der Waals surface area contributed by atoms with Crippen LogP contribution in [0.4, 0.5) is 5.69 Å². The molecule has 4 atom stereocenters. The predicted octanol–water partition coefficient (Wildman–Crippen LogP) is 2.98. The second-order valence-electron chi connectivity index (χ2n) is 8.87. The second-order valence-corrected chi connectivity index (χ2v) is 13.3. The minimum atomic E-state index is -4.78. The van der Waals surface area contributed by atoms with Crippen LogP contribution in [0.2, 0.25) is 5.15 Å². The number of benzene rings is 1. The molecular formula is C22H29ClN4O8P2. The fourth-order valence-electron chi connectivity index (χ4n) is 4.55. The zero-order valence-corrected chi connectivity index (χ0v) is 22.5. The molecular weight excluding hydrogens is 546 g/mol. The van der Waals surface area contributed by atoms with Crippen molar-refractivity contribution in [3.05, 3.63) is 59.1 Å². The number of aromatic nitrogens is 3. The van der Waals surface area contributed by atoms with Crippen LogP contribution in [0.15, 0.2) is 42.6 Å². The summed E-state index contributed by atoms with van der Waals surface area (Å²) in [6.45, 7) is 0.262. The largest absolute Gasteiger partial charge is 0.390 e. The van der Waals surface area contributed by atoms with Gasteiger partial charge >= 0.3 is 15.2 Å². The van der Waals surface area contributed by atoms with Crippen molar-refractivity contribution in [1.82, 2.24) is 14.6 Å². The zero-order chi connectivity index (χ0) is 26.8. The third kappa shape index (κ3) is 6.97. The summed E-state index contributed by atoms with van der Waals surface area (Å²) in [5, 5.41) is 15.4. The van der Waals surface area contributed by atoms with Crippen LogP contribution < -0.4 is 4.90 Å². The Labute approximate surface area is 218 Å². The molecule has 1 saturated heterocycles. The average molecular weight is 575 g/mol. The molecule has 1 aliphatic heterocycles. The molecule has 202 valence electrons. The first-order chi connectivity index (χ1) is 17.5. The first-order valence-corrected chi connectivity index (χ1v) is 15.5. The van der Waals surface area contributed by atoms with E-state index in [0.717, 1.165) is 25.1 Å². The Kier molecular flexibility index (Phi) is 8.75. The number of methoxy groups -OCH3 is 1. The van der Waals surface area contributed by atoms with Gasteiger partial charge in [0.1, 0.15) is 17.4 Å². The third-order valence-corrected chi connectivity index (χ3v) is 9.84. The minimum Gasteiger partial charge on any atom is -0.390 e. The van der Waals surface area contributed by atoms with E-state index in [1.54, 1.807) is 16.8 Å². The molecule has 0 spiro atoms. The maximum Gasteiger partial charge on any atom is 0.340 e. The minimum absolute atomic E-state index is 0.0564. The Bertz CT molecular complexity index is 1320. The standard InChI is InChI=1S/C22H29ClN4O8P2/c1-34-20(13-35-37(32,33)14-36(29,30)31)19(28)11-22-24-12-18-17(10-21(23)25-27(18)22)26-9-5-8-16(26)15-6-3-2-4-7-15/h2-4,6-7,10,12,16,19-20,28H,5,8-9,11,13-14H2,1H3,(H,32,33)(H2,29,30,31)/t16-,19-,20+/m0/s1. The number of imidazole rings is 1. The molecule has 3 aromatic rings. The molecule has 1 fully saturated rings. The number of fused-ring (bicyclic) bond motifs is 1. The third-order valence-electron chi connectivity index (χ3n) is 6.20. The van der Waals surface area contributed by atoms with Crippen molar-refractivity contribution < 1.29 is 38.2 Å². The molecule has 0 aliphatic carbocycles. The van der Waals surface area contributed by atoms with Gasteiger partial charge in [0.2, 0.25) is 0 Å². The maximum atomic E-state index is 12.0. The Balaban J connectivity index is 1.54. The lowest BCUT2D eigenvalue weighted by atomic mass is 10.0. The van der Waals surface area contributed by atoms with Crippen molar-refractivity contribution in [2.75, 3.05) is 31.1 Å². The first-order valence-electron chi connectivity index (χ1n) is 11.5. The van der Waals surface area contributed by atoms with E-state index in [1.807, 2.05) is 18.2 Å². The van der Waals surface area contributed by atoms with E-state index in [-0.39, 0.29) is 17.6 Å². The summed E-state index contributed by atoms with van der Waals surface area (Å²) >= 11 is 6.39.